The Balaban J connectivity index is 2.20. The maximum atomic E-state index is 5.46. The van der Waals surface area contributed by atoms with Crippen molar-refractivity contribution in [1.29, 1.82) is 0 Å². The Morgan fingerprint density at radius 3 is 2.50 bits per heavy atom. The molecule has 0 amide bonds. The zero-order valence-corrected chi connectivity index (χ0v) is 11.6. The normalized spacial score (nSPS) is 17.1. The molecule has 1 aromatic carbocycles. The van der Waals surface area contributed by atoms with Crippen molar-refractivity contribution in [3.05, 3.63) is 23.8 Å². The van der Waals surface area contributed by atoms with Crippen LogP contribution in [0.15, 0.2) is 18.2 Å². The van der Waals surface area contributed by atoms with Crippen molar-refractivity contribution in [3.63, 3.8) is 0 Å². The lowest BCUT2D eigenvalue weighted by molar-refractivity contribution is 0.132. The first kappa shape index (κ1) is 13.2. The lowest BCUT2D eigenvalue weighted by atomic mass is 9.65. The molecule has 0 bridgehead atoms. The molecule has 0 saturated heterocycles. The topological polar surface area (TPSA) is 30.5 Å². The van der Waals surface area contributed by atoms with Crippen molar-refractivity contribution in [1.82, 2.24) is 5.32 Å². The summed E-state index contributed by atoms with van der Waals surface area (Å²) in [6.07, 6.45) is 5.00. The molecule has 3 heteroatoms. The van der Waals surface area contributed by atoms with E-state index in [-0.39, 0.29) is 0 Å². The van der Waals surface area contributed by atoms with Crippen LogP contribution in [-0.4, -0.2) is 27.8 Å². The molecule has 0 aliphatic heterocycles. The molecule has 0 unspecified atom stereocenters. The standard InChI is InChI=1S/C15H23NO2/c1-16-11-15(7-4-8-15)10-12-9-13(17-2)5-6-14(12)18-3/h5-6,9,16H,4,7-8,10-11H2,1-3H3. The average molecular weight is 249 g/mol. The summed E-state index contributed by atoms with van der Waals surface area (Å²) in [5.74, 6) is 1.88. The Morgan fingerprint density at radius 1 is 1.22 bits per heavy atom. The maximum absolute atomic E-state index is 5.46. The zero-order valence-electron chi connectivity index (χ0n) is 11.6. The lowest BCUT2D eigenvalue weighted by Crippen LogP contribution is -2.40. The molecule has 0 radical (unpaired) electrons. The molecule has 100 valence electrons. The van der Waals surface area contributed by atoms with E-state index < -0.39 is 0 Å². The molecule has 1 N–H and O–H groups in total. The summed E-state index contributed by atoms with van der Waals surface area (Å²) in [6.45, 7) is 1.08. The molecule has 2 rings (SSSR count). The summed E-state index contributed by atoms with van der Waals surface area (Å²) in [5, 5.41) is 3.32. The second kappa shape index (κ2) is 5.61. The number of rotatable bonds is 6. The Morgan fingerprint density at radius 2 is 2.00 bits per heavy atom. The minimum atomic E-state index is 0.411. The lowest BCUT2D eigenvalue weighted by Gasteiger charge is -2.42. The summed E-state index contributed by atoms with van der Waals surface area (Å²) in [4.78, 5) is 0. The fraction of sp³-hybridized carbons (Fsp3) is 0.600. The predicted molar refractivity (Wildman–Crippen MR) is 73.5 cm³/mol. The van der Waals surface area contributed by atoms with Crippen LogP contribution in [0.5, 0.6) is 11.5 Å². The van der Waals surface area contributed by atoms with Crippen LogP contribution in [0.2, 0.25) is 0 Å². The van der Waals surface area contributed by atoms with Gasteiger partial charge in [-0.3, -0.25) is 0 Å². The number of hydrogen-bond acceptors (Lipinski definition) is 3. The third-order valence-corrected chi connectivity index (χ3v) is 4.02. The number of ether oxygens (including phenoxy) is 2. The Bertz CT molecular complexity index is 399. The first-order valence-corrected chi connectivity index (χ1v) is 6.58. The Hall–Kier alpha value is -1.22. The van der Waals surface area contributed by atoms with Crippen molar-refractivity contribution in [2.45, 2.75) is 25.7 Å². The molecule has 1 fully saturated rings. The van der Waals surface area contributed by atoms with Crippen LogP contribution in [0.4, 0.5) is 0 Å². The average Bonchev–Trinajstić information content (AvgIpc) is 2.36. The van der Waals surface area contributed by atoms with Crippen LogP contribution in [0.25, 0.3) is 0 Å². The van der Waals surface area contributed by atoms with Crippen LogP contribution in [0, 0.1) is 5.41 Å². The van der Waals surface area contributed by atoms with Crippen molar-refractivity contribution in [2.75, 3.05) is 27.8 Å². The SMILES string of the molecule is CNCC1(Cc2cc(OC)ccc2OC)CCC1. The molecular weight excluding hydrogens is 226 g/mol. The summed E-state index contributed by atoms with van der Waals surface area (Å²) in [7, 11) is 5.47. The van der Waals surface area contributed by atoms with E-state index in [4.69, 9.17) is 9.47 Å². The second-order valence-corrected chi connectivity index (χ2v) is 5.24. The van der Waals surface area contributed by atoms with Gasteiger partial charge in [0.1, 0.15) is 11.5 Å². The van der Waals surface area contributed by atoms with Gasteiger partial charge in [-0.15, -0.1) is 0 Å². The second-order valence-electron chi connectivity index (χ2n) is 5.24. The summed E-state index contributed by atoms with van der Waals surface area (Å²) < 4.78 is 10.8. The van der Waals surface area contributed by atoms with Gasteiger partial charge in [0, 0.05) is 6.54 Å². The molecule has 1 aromatic rings. The summed E-state index contributed by atoms with van der Waals surface area (Å²) in [5.41, 5.74) is 1.67. The Labute approximate surface area is 109 Å². The van der Waals surface area contributed by atoms with E-state index in [1.165, 1.54) is 24.8 Å². The molecule has 0 spiro atoms. The first-order valence-electron chi connectivity index (χ1n) is 6.58. The van der Waals surface area contributed by atoms with Crippen LogP contribution in [-0.2, 0) is 6.42 Å². The summed E-state index contributed by atoms with van der Waals surface area (Å²) >= 11 is 0. The van der Waals surface area contributed by atoms with Crippen molar-refractivity contribution >= 4 is 0 Å². The highest BCUT2D eigenvalue weighted by Crippen LogP contribution is 2.44. The fourth-order valence-electron chi connectivity index (χ4n) is 2.89. The molecule has 1 saturated carbocycles. The summed E-state index contributed by atoms with van der Waals surface area (Å²) in [6, 6.07) is 6.06. The van der Waals surface area contributed by atoms with Crippen LogP contribution in [0.1, 0.15) is 24.8 Å². The highest BCUT2D eigenvalue weighted by Gasteiger charge is 2.37. The van der Waals surface area contributed by atoms with Crippen molar-refractivity contribution in [2.24, 2.45) is 5.41 Å². The molecular formula is C15H23NO2. The van der Waals surface area contributed by atoms with Gasteiger partial charge in [0.05, 0.1) is 14.2 Å². The quantitative estimate of drug-likeness (QED) is 0.840. The van der Waals surface area contributed by atoms with Crippen molar-refractivity contribution < 1.29 is 9.47 Å². The number of nitrogens with one attached hydrogen (secondary N) is 1. The minimum Gasteiger partial charge on any atom is -0.497 e. The molecule has 1 aliphatic rings. The molecule has 0 heterocycles. The third kappa shape index (κ3) is 2.61. The van der Waals surface area contributed by atoms with Crippen molar-refractivity contribution in [3.8, 4) is 11.5 Å². The maximum Gasteiger partial charge on any atom is 0.122 e. The van der Waals surface area contributed by atoms with Gasteiger partial charge >= 0.3 is 0 Å². The van der Waals surface area contributed by atoms with Gasteiger partial charge in [0.15, 0.2) is 0 Å². The van der Waals surface area contributed by atoms with E-state index in [0.29, 0.717) is 5.41 Å². The minimum absolute atomic E-state index is 0.411. The first-order chi connectivity index (χ1) is 8.73. The molecule has 18 heavy (non-hydrogen) atoms. The smallest absolute Gasteiger partial charge is 0.122 e. The number of benzene rings is 1. The third-order valence-electron chi connectivity index (χ3n) is 4.02. The predicted octanol–water partition coefficient (Wildman–Crippen LogP) is 2.64. The molecule has 0 atom stereocenters. The van der Waals surface area contributed by atoms with E-state index in [1.54, 1.807) is 14.2 Å². The van der Waals surface area contributed by atoms with E-state index >= 15 is 0 Å². The van der Waals surface area contributed by atoms with Gasteiger partial charge in [-0.05, 0) is 55.5 Å². The van der Waals surface area contributed by atoms with Gasteiger partial charge < -0.3 is 14.8 Å². The highest BCUT2D eigenvalue weighted by molar-refractivity contribution is 5.41. The van der Waals surface area contributed by atoms with E-state index in [1.807, 2.05) is 19.2 Å². The number of hydrogen-bond donors (Lipinski definition) is 1. The fourth-order valence-corrected chi connectivity index (χ4v) is 2.89. The van der Waals surface area contributed by atoms with Crippen LogP contribution >= 0.6 is 0 Å². The highest BCUT2D eigenvalue weighted by atomic mass is 16.5. The van der Waals surface area contributed by atoms with Crippen LogP contribution < -0.4 is 14.8 Å². The van der Waals surface area contributed by atoms with E-state index in [0.717, 1.165) is 24.5 Å². The monoisotopic (exact) mass is 249 g/mol. The zero-order chi connectivity index (χ0) is 13.0. The van der Waals surface area contributed by atoms with Gasteiger partial charge in [0.25, 0.3) is 0 Å². The van der Waals surface area contributed by atoms with Gasteiger partial charge in [-0.25, -0.2) is 0 Å². The molecule has 1 aliphatic carbocycles. The molecule has 3 nitrogen and oxygen atoms in total. The van der Waals surface area contributed by atoms with Gasteiger partial charge in [-0.2, -0.15) is 0 Å². The van der Waals surface area contributed by atoms with Crippen LogP contribution in [0.3, 0.4) is 0 Å². The van der Waals surface area contributed by atoms with Gasteiger partial charge in [-0.1, -0.05) is 6.42 Å². The largest absolute Gasteiger partial charge is 0.497 e. The Kier molecular flexibility index (Phi) is 4.12. The van der Waals surface area contributed by atoms with E-state index in [2.05, 4.69) is 11.4 Å². The molecule has 0 aromatic heterocycles. The number of methoxy groups -OCH3 is 2. The van der Waals surface area contributed by atoms with E-state index in [9.17, 15) is 0 Å². The van der Waals surface area contributed by atoms with Gasteiger partial charge in [0.2, 0.25) is 0 Å².